The SMILES string of the molecule is COc1cc(/C=C(\C#N)C(=O)Nc2cccc(Cl)c2)cc(I)c1OCC(N)=O. The third-order valence-electron chi connectivity index (χ3n) is 3.37. The van der Waals surface area contributed by atoms with Gasteiger partial charge in [-0.3, -0.25) is 9.59 Å². The number of benzene rings is 2. The Bertz CT molecular complexity index is 986. The monoisotopic (exact) mass is 511 g/mol. The minimum Gasteiger partial charge on any atom is -0.493 e. The normalized spacial score (nSPS) is 10.7. The van der Waals surface area contributed by atoms with Crippen LogP contribution in [0.1, 0.15) is 5.56 Å². The van der Waals surface area contributed by atoms with Gasteiger partial charge in [-0.25, -0.2) is 0 Å². The average molecular weight is 512 g/mol. The lowest BCUT2D eigenvalue weighted by Crippen LogP contribution is -2.20. The molecule has 0 saturated heterocycles. The Labute approximate surface area is 180 Å². The first kappa shape index (κ1) is 21.5. The molecule has 144 valence electrons. The number of hydrogen-bond donors (Lipinski definition) is 2. The van der Waals surface area contributed by atoms with E-state index in [-0.39, 0.29) is 12.2 Å². The van der Waals surface area contributed by atoms with Gasteiger partial charge in [0.05, 0.1) is 10.7 Å². The predicted molar refractivity (Wildman–Crippen MR) is 114 cm³/mol. The second kappa shape index (κ2) is 9.96. The molecule has 28 heavy (non-hydrogen) atoms. The van der Waals surface area contributed by atoms with Crippen molar-refractivity contribution in [3.05, 3.63) is 56.1 Å². The van der Waals surface area contributed by atoms with Crippen LogP contribution >= 0.6 is 34.2 Å². The van der Waals surface area contributed by atoms with Gasteiger partial charge in [-0.1, -0.05) is 17.7 Å². The molecule has 0 heterocycles. The molecule has 3 N–H and O–H groups in total. The van der Waals surface area contributed by atoms with Gasteiger partial charge in [0, 0.05) is 10.7 Å². The van der Waals surface area contributed by atoms with E-state index in [0.717, 1.165) is 0 Å². The molecule has 2 amide bonds. The fourth-order valence-corrected chi connectivity index (χ4v) is 3.16. The summed E-state index contributed by atoms with van der Waals surface area (Å²) >= 11 is 7.89. The molecule has 7 nitrogen and oxygen atoms in total. The number of carbonyl (C=O) groups excluding carboxylic acids is 2. The standard InChI is InChI=1S/C19H15ClIN3O4/c1-27-16-7-11(6-15(21)18(16)28-10-17(23)25)5-12(9-22)19(26)24-14-4-2-3-13(20)8-14/h2-8H,10H2,1H3,(H2,23,25)(H,24,26)/b12-5+. The van der Waals surface area contributed by atoms with Gasteiger partial charge in [-0.15, -0.1) is 0 Å². The van der Waals surface area contributed by atoms with Gasteiger partial charge in [0.1, 0.15) is 11.6 Å². The first-order valence-corrected chi connectivity index (χ1v) is 9.27. The Morgan fingerprint density at radius 2 is 2.11 bits per heavy atom. The van der Waals surface area contributed by atoms with E-state index in [2.05, 4.69) is 5.32 Å². The quantitative estimate of drug-likeness (QED) is 0.336. The van der Waals surface area contributed by atoms with E-state index >= 15 is 0 Å². The Morgan fingerprint density at radius 3 is 2.71 bits per heavy atom. The molecule has 2 aromatic rings. The van der Waals surface area contributed by atoms with Crippen molar-refractivity contribution in [3.8, 4) is 17.6 Å². The lowest BCUT2D eigenvalue weighted by Gasteiger charge is -2.12. The summed E-state index contributed by atoms with van der Waals surface area (Å²) in [5.41, 5.74) is 6.01. The number of primary amides is 1. The number of anilines is 1. The summed E-state index contributed by atoms with van der Waals surface area (Å²) in [4.78, 5) is 23.3. The van der Waals surface area contributed by atoms with Crippen LogP contribution in [0.15, 0.2) is 42.0 Å². The zero-order chi connectivity index (χ0) is 20.7. The molecule has 0 bridgehead atoms. The Balaban J connectivity index is 2.30. The van der Waals surface area contributed by atoms with Crippen LogP contribution in [0.3, 0.4) is 0 Å². The van der Waals surface area contributed by atoms with Gasteiger partial charge in [0.15, 0.2) is 18.1 Å². The van der Waals surface area contributed by atoms with E-state index in [0.29, 0.717) is 31.3 Å². The van der Waals surface area contributed by atoms with E-state index in [9.17, 15) is 14.9 Å². The maximum absolute atomic E-state index is 12.4. The summed E-state index contributed by atoms with van der Waals surface area (Å²) in [6.07, 6.45) is 1.42. The van der Waals surface area contributed by atoms with Crippen LogP contribution < -0.4 is 20.5 Å². The van der Waals surface area contributed by atoms with Crippen LogP contribution in [-0.4, -0.2) is 25.5 Å². The number of nitrogens with zero attached hydrogens (tertiary/aromatic N) is 1. The Kier molecular flexibility index (Phi) is 7.66. The zero-order valence-electron chi connectivity index (χ0n) is 14.7. The van der Waals surface area contributed by atoms with Crippen molar-refractivity contribution in [1.82, 2.24) is 0 Å². The van der Waals surface area contributed by atoms with Crippen LogP contribution in [0.2, 0.25) is 5.02 Å². The molecule has 0 aromatic heterocycles. The first-order chi connectivity index (χ1) is 13.3. The second-order valence-electron chi connectivity index (χ2n) is 5.42. The largest absolute Gasteiger partial charge is 0.493 e. The summed E-state index contributed by atoms with van der Waals surface area (Å²) in [5.74, 6) is -0.507. The maximum Gasteiger partial charge on any atom is 0.266 e. The second-order valence-corrected chi connectivity index (χ2v) is 7.02. The highest BCUT2D eigenvalue weighted by molar-refractivity contribution is 14.1. The van der Waals surface area contributed by atoms with Crippen LogP contribution in [0.4, 0.5) is 5.69 Å². The van der Waals surface area contributed by atoms with Crippen molar-refractivity contribution >= 4 is 57.8 Å². The van der Waals surface area contributed by atoms with Crippen molar-refractivity contribution in [2.24, 2.45) is 5.73 Å². The summed E-state index contributed by atoms with van der Waals surface area (Å²) < 4.78 is 11.3. The number of nitriles is 1. The molecule has 0 aliphatic heterocycles. The highest BCUT2D eigenvalue weighted by Crippen LogP contribution is 2.34. The van der Waals surface area contributed by atoms with Crippen LogP contribution in [0.5, 0.6) is 11.5 Å². The molecule has 0 unspecified atom stereocenters. The number of rotatable bonds is 7. The fraction of sp³-hybridized carbons (Fsp3) is 0.105. The van der Waals surface area contributed by atoms with Gasteiger partial charge in [-0.05, 0) is 64.6 Å². The number of methoxy groups -OCH3 is 1. The lowest BCUT2D eigenvalue weighted by molar-refractivity contribution is -0.120. The van der Waals surface area contributed by atoms with Crippen molar-refractivity contribution in [3.63, 3.8) is 0 Å². The molecule has 2 aromatic carbocycles. The highest BCUT2D eigenvalue weighted by atomic mass is 127. The summed E-state index contributed by atoms with van der Waals surface area (Å²) in [5, 5.41) is 12.5. The molecule has 9 heteroatoms. The molecule has 0 spiro atoms. The highest BCUT2D eigenvalue weighted by Gasteiger charge is 2.14. The van der Waals surface area contributed by atoms with Crippen molar-refractivity contribution in [2.75, 3.05) is 19.0 Å². The smallest absolute Gasteiger partial charge is 0.266 e. The molecule has 0 aliphatic carbocycles. The van der Waals surface area contributed by atoms with Gasteiger partial charge >= 0.3 is 0 Å². The van der Waals surface area contributed by atoms with Crippen LogP contribution in [0, 0.1) is 14.9 Å². The van der Waals surface area contributed by atoms with Crippen molar-refractivity contribution in [2.45, 2.75) is 0 Å². The molecule has 0 fully saturated rings. The maximum atomic E-state index is 12.4. The number of amides is 2. The number of ether oxygens (including phenoxy) is 2. The molecule has 0 atom stereocenters. The number of hydrogen-bond acceptors (Lipinski definition) is 5. The van der Waals surface area contributed by atoms with Gasteiger partial charge in [-0.2, -0.15) is 5.26 Å². The number of carbonyl (C=O) groups is 2. The number of nitrogens with one attached hydrogen (secondary N) is 1. The Morgan fingerprint density at radius 1 is 1.36 bits per heavy atom. The minimum atomic E-state index is -0.619. The van der Waals surface area contributed by atoms with Crippen molar-refractivity contribution in [1.29, 1.82) is 5.26 Å². The average Bonchev–Trinajstić information content (AvgIpc) is 2.64. The van der Waals surface area contributed by atoms with Crippen LogP contribution in [0.25, 0.3) is 6.08 Å². The van der Waals surface area contributed by atoms with E-state index in [1.54, 1.807) is 36.4 Å². The fourth-order valence-electron chi connectivity index (χ4n) is 2.19. The van der Waals surface area contributed by atoms with E-state index in [1.165, 1.54) is 13.2 Å². The third-order valence-corrected chi connectivity index (χ3v) is 4.41. The van der Waals surface area contributed by atoms with Crippen LogP contribution in [-0.2, 0) is 9.59 Å². The minimum absolute atomic E-state index is 0.108. The molecule has 2 rings (SSSR count). The molecular formula is C19H15ClIN3O4. The van der Waals surface area contributed by atoms with E-state index in [4.69, 9.17) is 26.8 Å². The zero-order valence-corrected chi connectivity index (χ0v) is 17.6. The summed E-state index contributed by atoms with van der Waals surface area (Å²) in [6, 6.07) is 11.7. The van der Waals surface area contributed by atoms with Crippen molar-refractivity contribution < 1.29 is 19.1 Å². The number of nitrogens with two attached hydrogens (primary N) is 1. The van der Waals surface area contributed by atoms with E-state index in [1.807, 2.05) is 28.7 Å². The lowest BCUT2D eigenvalue weighted by atomic mass is 10.1. The molecule has 0 radical (unpaired) electrons. The third kappa shape index (κ3) is 5.87. The molecule has 0 saturated carbocycles. The summed E-state index contributed by atoms with van der Waals surface area (Å²) in [7, 11) is 1.44. The number of halogens is 2. The first-order valence-electron chi connectivity index (χ1n) is 7.81. The molecule has 0 aliphatic rings. The van der Waals surface area contributed by atoms with Gasteiger partial charge in [0.25, 0.3) is 11.8 Å². The predicted octanol–water partition coefficient (Wildman–Crippen LogP) is 3.36. The molecular weight excluding hydrogens is 497 g/mol. The summed E-state index contributed by atoms with van der Waals surface area (Å²) in [6.45, 7) is -0.299. The topological polar surface area (TPSA) is 114 Å². The van der Waals surface area contributed by atoms with E-state index < -0.39 is 11.8 Å². The Hall–Kier alpha value is -2.77. The van der Waals surface area contributed by atoms with Gasteiger partial charge in [0.2, 0.25) is 0 Å². The van der Waals surface area contributed by atoms with Gasteiger partial charge < -0.3 is 20.5 Å².